The molecule has 0 amide bonds. The molecule has 2 rings (SSSR count). The third-order valence-corrected chi connectivity index (χ3v) is 3.98. The summed E-state index contributed by atoms with van der Waals surface area (Å²) in [5.41, 5.74) is 5.71. The van der Waals surface area contributed by atoms with E-state index < -0.39 is 11.4 Å². The largest absolute Gasteiger partial charge is 0.506 e. The lowest BCUT2D eigenvalue weighted by Crippen LogP contribution is -2.24. The van der Waals surface area contributed by atoms with E-state index in [0.29, 0.717) is 27.0 Å². The van der Waals surface area contributed by atoms with Crippen LogP contribution < -0.4 is 11.1 Å². The Balaban J connectivity index is 2.13. The summed E-state index contributed by atoms with van der Waals surface area (Å²) >= 11 is 12.0. The van der Waals surface area contributed by atoms with Gasteiger partial charge in [-0.15, -0.1) is 0 Å². The minimum absolute atomic E-state index is 0.0866. The second-order valence-electron chi connectivity index (χ2n) is 5.60. The molecule has 1 atom stereocenters. The van der Waals surface area contributed by atoms with E-state index in [0.717, 1.165) is 6.07 Å². The highest BCUT2D eigenvalue weighted by atomic mass is 35.5. The number of nitrogens with two attached hydrogens (primary N) is 1. The highest BCUT2D eigenvalue weighted by Gasteiger charge is 2.26. The van der Waals surface area contributed by atoms with Crippen molar-refractivity contribution in [1.29, 1.82) is 0 Å². The number of halogens is 3. The summed E-state index contributed by atoms with van der Waals surface area (Å²) in [7, 11) is 0. The van der Waals surface area contributed by atoms with E-state index in [9.17, 15) is 14.6 Å². The molecule has 0 bridgehead atoms. The molecule has 0 fully saturated rings. The van der Waals surface area contributed by atoms with Gasteiger partial charge in [-0.05, 0) is 31.2 Å². The molecule has 0 spiro atoms. The van der Waals surface area contributed by atoms with Crippen LogP contribution in [0.3, 0.4) is 0 Å². The molecule has 0 saturated carbocycles. The van der Waals surface area contributed by atoms with Crippen molar-refractivity contribution in [3.05, 3.63) is 69.7 Å². The first-order chi connectivity index (χ1) is 11.2. The van der Waals surface area contributed by atoms with E-state index in [-0.39, 0.29) is 12.2 Å². The Kier molecular flexibility index (Phi) is 5.59. The molecule has 0 aliphatic heterocycles. The summed E-state index contributed by atoms with van der Waals surface area (Å²) in [6.07, 6.45) is 1.51. The maximum Gasteiger partial charge on any atom is 0.141 e. The highest BCUT2D eigenvalue weighted by molar-refractivity contribution is 6.35. The van der Waals surface area contributed by atoms with Gasteiger partial charge >= 0.3 is 0 Å². The summed E-state index contributed by atoms with van der Waals surface area (Å²) in [5, 5.41) is 23.8. The van der Waals surface area contributed by atoms with Crippen LogP contribution >= 0.6 is 23.2 Å². The molecule has 5 N–H and O–H groups in total. The van der Waals surface area contributed by atoms with Crippen molar-refractivity contribution in [2.75, 3.05) is 5.32 Å². The number of nitrogens with one attached hydrogen (secondary N) is 1. The van der Waals surface area contributed by atoms with Crippen molar-refractivity contribution in [1.82, 2.24) is 0 Å². The van der Waals surface area contributed by atoms with Gasteiger partial charge < -0.3 is 21.3 Å². The van der Waals surface area contributed by atoms with Gasteiger partial charge in [-0.3, -0.25) is 0 Å². The standard InChI is InChI=1S/C17H17Cl2FN2O2/c1-17(24,13-4-2-10(18)6-14(13)19)8-12(21)9-22-15-5-3-11(20)7-16(15)23/h2-7,9,22-24H,8,21H2,1H3/b12-9-. The second kappa shape index (κ2) is 7.30. The van der Waals surface area contributed by atoms with Crippen LogP contribution in [0.2, 0.25) is 10.0 Å². The zero-order valence-electron chi connectivity index (χ0n) is 12.9. The minimum Gasteiger partial charge on any atom is -0.506 e. The molecule has 2 aromatic rings. The molecule has 0 saturated heterocycles. The number of phenolic OH excluding ortho intramolecular Hbond substituents is 1. The van der Waals surface area contributed by atoms with Crippen LogP contribution in [0.1, 0.15) is 18.9 Å². The second-order valence-corrected chi connectivity index (χ2v) is 6.44. The normalized spacial score (nSPS) is 14.3. The highest BCUT2D eigenvalue weighted by Crippen LogP contribution is 2.34. The van der Waals surface area contributed by atoms with Crippen LogP contribution in [-0.2, 0) is 5.60 Å². The molecule has 0 aliphatic carbocycles. The van der Waals surface area contributed by atoms with Gasteiger partial charge in [0, 0.05) is 40.0 Å². The fourth-order valence-electron chi connectivity index (χ4n) is 2.27. The Labute approximate surface area is 149 Å². The SMILES string of the molecule is CC(O)(C/C(N)=C/Nc1ccc(F)cc1O)c1ccc(Cl)cc1Cl. The van der Waals surface area contributed by atoms with Gasteiger partial charge in [0.2, 0.25) is 0 Å². The number of hydrogen-bond donors (Lipinski definition) is 4. The number of anilines is 1. The van der Waals surface area contributed by atoms with E-state index in [1.54, 1.807) is 25.1 Å². The number of hydrogen-bond acceptors (Lipinski definition) is 4. The van der Waals surface area contributed by atoms with Gasteiger partial charge in [0.25, 0.3) is 0 Å². The van der Waals surface area contributed by atoms with Gasteiger partial charge in [-0.2, -0.15) is 0 Å². The Hall–Kier alpha value is -1.95. The Bertz CT molecular complexity index is 779. The first-order valence-corrected chi connectivity index (χ1v) is 7.82. The lowest BCUT2D eigenvalue weighted by atomic mass is 9.91. The smallest absolute Gasteiger partial charge is 0.141 e. The predicted octanol–water partition coefficient (Wildman–Crippen LogP) is 4.35. The molecule has 7 heteroatoms. The van der Waals surface area contributed by atoms with E-state index in [1.807, 2.05) is 0 Å². The monoisotopic (exact) mass is 370 g/mol. The Morgan fingerprint density at radius 1 is 1.29 bits per heavy atom. The lowest BCUT2D eigenvalue weighted by molar-refractivity contribution is 0.0574. The molecular weight excluding hydrogens is 354 g/mol. The average Bonchev–Trinajstić information content (AvgIpc) is 2.45. The third kappa shape index (κ3) is 4.54. The average molecular weight is 371 g/mol. The molecular formula is C17H17Cl2FN2O2. The number of phenols is 1. The van der Waals surface area contributed by atoms with Crippen LogP contribution in [0.5, 0.6) is 5.75 Å². The first-order valence-electron chi connectivity index (χ1n) is 7.06. The number of rotatable bonds is 5. The van der Waals surface area contributed by atoms with Gasteiger partial charge in [-0.25, -0.2) is 4.39 Å². The van der Waals surface area contributed by atoms with Crippen LogP contribution in [0.25, 0.3) is 0 Å². The van der Waals surface area contributed by atoms with Crippen molar-refractivity contribution in [2.45, 2.75) is 18.9 Å². The molecule has 0 aliphatic rings. The number of aromatic hydroxyl groups is 1. The molecule has 24 heavy (non-hydrogen) atoms. The first kappa shape index (κ1) is 18.4. The topological polar surface area (TPSA) is 78.5 Å². The van der Waals surface area contributed by atoms with E-state index >= 15 is 0 Å². The Morgan fingerprint density at radius 2 is 2.00 bits per heavy atom. The van der Waals surface area contributed by atoms with Crippen molar-refractivity contribution in [3.63, 3.8) is 0 Å². The molecule has 1 unspecified atom stereocenters. The quantitative estimate of drug-likeness (QED) is 0.590. The van der Waals surface area contributed by atoms with Gasteiger partial charge in [0.1, 0.15) is 11.6 Å². The summed E-state index contributed by atoms with van der Waals surface area (Å²) in [4.78, 5) is 0. The Morgan fingerprint density at radius 3 is 2.62 bits per heavy atom. The van der Waals surface area contributed by atoms with Crippen LogP contribution in [0.4, 0.5) is 10.1 Å². The molecule has 2 aromatic carbocycles. The van der Waals surface area contributed by atoms with Crippen molar-refractivity contribution >= 4 is 28.9 Å². The summed E-state index contributed by atoms with van der Waals surface area (Å²) in [6, 6.07) is 8.37. The zero-order valence-corrected chi connectivity index (χ0v) is 14.4. The van der Waals surface area contributed by atoms with Crippen molar-refractivity contribution < 1.29 is 14.6 Å². The maximum absolute atomic E-state index is 12.9. The lowest BCUT2D eigenvalue weighted by Gasteiger charge is -2.25. The molecule has 0 heterocycles. The summed E-state index contributed by atoms with van der Waals surface area (Å²) in [6.45, 7) is 1.58. The fourth-order valence-corrected chi connectivity index (χ4v) is 2.88. The van der Waals surface area contributed by atoms with Crippen LogP contribution in [-0.4, -0.2) is 10.2 Å². The summed E-state index contributed by atoms with van der Waals surface area (Å²) in [5.74, 6) is -0.790. The van der Waals surface area contributed by atoms with Crippen LogP contribution in [0.15, 0.2) is 48.3 Å². The molecule has 4 nitrogen and oxygen atoms in total. The fraction of sp³-hybridized carbons (Fsp3) is 0.176. The van der Waals surface area contributed by atoms with Crippen molar-refractivity contribution in [3.8, 4) is 5.75 Å². The molecule has 0 radical (unpaired) electrons. The van der Waals surface area contributed by atoms with Gasteiger partial charge in [0.05, 0.1) is 11.3 Å². The predicted molar refractivity (Wildman–Crippen MR) is 94.6 cm³/mol. The van der Waals surface area contributed by atoms with Gasteiger partial charge in [-0.1, -0.05) is 29.3 Å². The van der Waals surface area contributed by atoms with E-state index in [1.165, 1.54) is 18.3 Å². The zero-order chi connectivity index (χ0) is 17.9. The summed E-state index contributed by atoms with van der Waals surface area (Å²) < 4.78 is 12.9. The van der Waals surface area contributed by atoms with Crippen LogP contribution in [0, 0.1) is 5.82 Å². The minimum atomic E-state index is -1.31. The molecule has 0 aromatic heterocycles. The maximum atomic E-state index is 12.9. The third-order valence-electron chi connectivity index (χ3n) is 3.43. The van der Waals surface area contributed by atoms with Crippen molar-refractivity contribution in [2.24, 2.45) is 5.73 Å². The van der Waals surface area contributed by atoms with E-state index in [2.05, 4.69) is 5.32 Å². The number of benzene rings is 2. The number of aliphatic hydroxyl groups is 1. The van der Waals surface area contributed by atoms with Gasteiger partial charge in [0.15, 0.2) is 0 Å². The van der Waals surface area contributed by atoms with E-state index in [4.69, 9.17) is 28.9 Å². The molecule has 128 valence electrons.